The molecule has 0 aliphatic heterocycles. The van der Waals surface area contributed by atoms with Gasteiger partial charge in [-0.3, -0.25) is 4.79 Å². The van der Waals surface area contributed by atoms with Crippen LogP contribution in [-0.4, -0.2) is 19.5 Å². The zero-order valence-electron chi connectivity index (χ0n) is 10.1. The van der Waals surface area contributed by atoms with Gasteiger partial charge in [-0.25, -0.2) is 8.42 Å². The number of carbonyl (C=O) groups excluding carboxylic acids is 1. The van der Waals surface area contributed by atoms with E-state index in [1.54, 1.807) is 6.92 Å². The quantitative estimate of drug-likeness (QED) is 0.871. The number of rotatable bonds is 3. The highest BCUT2D eigenvalue weighted by atomic mass is 35.7. The fraction of sp³-hybridized carbons (Fsp3) is 0.0909. The molecular formula is C11H8Cl2N2O4S. The first-order chi connectivity index (χ1) is 9.27. The van der Waals surface area contributed by atoms with Crippen LogP contribution in [0.15, 0.2) is 33.7 Å². The predicted octanol–water partition coefficient (Wildman–Crippen LogP) is 2.82. The van der Waals surface area contributed by atoms with Crippen molar-refractivity contribution in [3.05, 3.63) is 40.7 Å². The predicted molar refractivity (Wildman–Crippen MR) is 73.7 cm³/mol. The Balaban J connectivity index is 2.25. The van der Waals surface area contributed by atoms with Gasteiger partial charge in [0.1, 0.15) is 5.76 Å². The lowest BCUT2D eigenvalue weighted by Crippen LogP contribution is -2.12. The lowest BCUT2D eigenvalue weighted by Gasteiger charge is -2.06. The van der Waals surface area contributed by atoms with Gasteiger partial charge >= 0.3 is 0 Å². The summed E-state index contributed by atoms with van der Waals surface area (Å²) in [5.74, 6) is -0.0324. The smallest absolute Gasteiger partial charge is 0.277 e. The summed E-state index contributed by atoms with van der Waals surface area (Å²) in [6.07, 6.45) is 0. The molecule has 0 fully saturated rings. The van der Waals surface area contributed by atoms with Gasteiger partial charge in [0.15, 0.2) is 5.69 Å². The first kappa shape index (κ1) is 14.8. The molecule has 2 aromatic rings. The Kier molecular flexibility index (Phi) is 4.03. The van der Waals surface area contributed by atoms with E-state index in [9.17, 15) is 13.2 Å². The third-order valence-corrected chi connectivity index (χ3v) is 4.00. The Labute approximate surface area is 124 Å². The number of halogens is 2. The standard InChI is InChI=1S/C11H8Cl2N2O4S/c1-6-4-10(15-19-6)11(16)14-9-3-2-7(5-8(9)12)20(13,17)18/h2-5H,1H3,(H,14,16). The van der Waals surface area contributed by atoms with E-state index in [1.807, 2.05) is 0 Å². The van der Waals surface area contributed by atoms with Crippen molar-refractivity contribution in [3.8, 4) is 0 Å². The molecule has 1 amide bonds. The molecule has 0 aliphatic carbocycles. The second kappa shape index (κ2) is 5.43. The molecule has 1 aromatic carbocycles. The minimum Gasteiger partial charge on any atom is -0.361 e. The second-order valence-corrected chi connectivity index (χ2v) is 6.83. The number of carbonyl (C=O) groups is 1. The van der Waals surface area contributed by atoms with Crippen LogP contribution in [0.4, 0.5) is 5.69 Å². The first-order valence-corrected chi connectivity index (χ1v) is 7.95. The maximum absolute atomic E-state index is 11.8. The van der Waals surface area contributed by atoms with Crippen LogP contribution in [0.2, 0.25) is 5.02 Å². The molecule has 1 aromatic heterocycles. The molecule has 106 valence electrons. The minimum absolute atomic E-state index is 0.0419. The molecule has 0 aliphatic rings. The number of hydrogen-bond donors (Lipinski definition) is 1. The number of anilines is 1. The lowest BCUT2D eigenvalue weighted by molar-refractivity contribution is 0.101. The number of aryl methyl sites for hydroxylation is 1. The summed E-state index contributed by atoms with van der Waals surface area (Å²) in [7, 11) is 1.32. The van der Waals surface area contributed by atoms with E-state index in [2.05, 4.69) is 10.5 Å². The third-order valence-electron chi connectivity index (χ3n) is 2.33. The largest absolute Gasteiger partial charge is 0.361 e. The highest BCUT2D eigenvalue weighted by Gasteiger charge is 2.15. The van der Waals surface area contributed by atoms with E-state index in [-0.39, 0.29) is 21.3 Å². The van der Waals surface area contributed by atoms with Gasteiger partial charge in [0.25, 0.3) is 15.0 Å². The van der Waals surface area contributed by atoms with Crippen LogP contribution in [0.5, 0.6) is 0 Å². The Morgan fingerprint density at radius 3 is 2.55 bits per heavy atom. The zero-order valence-corrected chi connectivity index (χ0v) is 12.4. The Bertz CT molecular complexity index is 770. The molecule has 2 rings (SSSR count). The van der Waals surface area contributed by atoms with Crippen molar-refractivity contribution < 1.29 is 17.7 Å². The lowest BCUT2D eigenvalue weighted by atomic mass is 10.3. The number of nitrogens with one attached hydrogen (secondary N) is 1. The maximum atomic E-state index is 11.8. The average Bonchev–Trinajstić information content (AvgIpc) is 2.77. The highest BCUT2D eigenvalue weighted by Crippen LogP contribution is 2.27. The van der Waals surface area contributed by atoms with E-state index in [0.29, 0.717) is 5.76 Å². The monoisotopic (exact) mass is 334 g/mol. The molecule has 20 heavy (non-hydrogen) atoms. The molecule has 6 nitrogen and oxygen atoms in total. The molecule has 0 bridgehead atoms. The summed E-state index contributed by atoms with van der Waals surface area (Å²) in [4.78, 5) is 11.7. The Morgan fingerprint density at radius 1 is 1.35 bits per heavy atom. The molecule has 9 heteroatoms. The van der Waals surface area contributed by atoms with Crippen molar-refractivity contribution in [2.24, 2.45) is 0 Å². The fourth-order valence-electron chi connectivity index (χ4n) is 1.41. The highest BCUT2D eigenvalue weighted by molar-refractivity contribution is 8.13. The SMILES string of the molecule is Cc1cc(C(=O)Nc2ccc(S(=O)(=O)Cl)cc2Cl)no1. The van der Waals surface area contributed by atoms with Gasteiger partial charge in [0.05, 0.1) is 15.6 Å². The molecule has 1 heterocycles. The maximum Gasteiger partial charge on any atom is 0.277 e. The number of benzene rings is 1. The van der Waals surface area contributed by atoms with E-state index in [0.717, 1.165) is 6.07 Å². The van der Waals surface area contributed by atoms with Gasteiger partial charge in [0, 0.05) is 16.7 Å². The second-order valence-electron chi connectivity index (χ2n) is 3.86. The number of hydrogen-bond acceptors (Lipinski definition) is 5. The van der Waals surface area contributed by atoms with Gasteiger partial charge in [-0.05, 0) is 25.1 Å². The van der Waals surface area contributed by atoms with Gasteiger partial charge in [-0.15, -0.1) is 0 Å². The summed E-state index contributed by atoms with van der Waals surface area (Å²) in [6, 6.07) is 5.18. The first-order valence-electron chi connectivity index (χ1n) is 5.26. The Morgan fingerprint density at radius 2 is 2.05 bits per heavy atom. The topological polar surface area (TPSA) is 89.3 Å². The molecule has 0 atom stereocenters. The van der Waals surface area contributed by atoms with Crippen LogP contribution >= 0.6 is 22.3 Å². The van der Waals surface area contributed by atoms with E-state index < -0.39 is 15.0 Å². The van der Waals surface area contributed by atoms with Crippen LogP contribution < -0.4 is 5.32 Å². The molecule has 0 saturated heterocycles. The van der Waals surface area contributed by atoms with Crippen LogP contribution in [0.25, 0.3) is 0 Å². The van der Waals surface area contributed by atoms with Gasteiger partial charge < -0.3 is 9.84 Å². The number of aromatic nitrogens is 1. The van der Waals surface area contributed by atoms with Crippen LogP contribution in [0.1, 0.15) is 16.2 Å². The van der Waals surface area contributed by atoms with Crippen LogP contribution in [0, 0.1) is 6.92 Å². The summed E-state index contributed by atoms with van der Waals surface area (Å²) in [5, 5.41) is 6.08. The molecular weight excluding hydrogens is 327 g/mol. The summed E-state index contributed by atoms with van der Waals surface area (Å²) in [5.41, 5.74) is 0.328. The molecule has 0 saturated carbocycles. The van der Waals surface area contributed by atoms with Crippen molar-refractivity contribution in [1.29, 1.82) is 0 Å². The van der Waals surface area contributed by atoms with Crippen molar-refractivity contribution in [3.63, 3.8) is 0 Å². The number of nitrogens with zero attached hydrogens (tertiary/aromatic N) is 1. The zero-order chi connectivity index (χ0) is 14.9. The number of amides is 1. The van der Waals surface area contributed by atoms with Gasteiger partial charge in [-0.2, -0.15) is 0 Å². The van der Waals surface area contributed by atoms with Crippen molar-refractivity contribution in [2.45, 2.75) is 11.8 Å². The van der Waals surface area contributed by atoms with Crippen LogP contribution in [0.3, 0.4) is 0 Å². The molecule has 0 spiro atoms. The average molecular weight is 335 g/mol. The summed E-state index contributed by atoms with van der Waals surface area (Å²) in [6.45, 7) is 1.65. The van der Waals surface area contributed by atoms with Crippen molar-refractivity contribution >= 4 is 42.9 Å². The molecule has 0 radical (unpaired) electrons. The fourth-order valence-corrected chi connectivity index (χ4v) is 2.48. The van der Waals surface area contributed by atoms with E-state index in [1.165, 1.54) is 18.2 Å². The summed E-state index contributed by atoms with van der Waals surface area (Å²) < 4.78 is 27.1. The van der Waals surface area contributed by atoms with E-state index >= 15 is 0 Å². The van der Waals surface area contributed by atoms with Gasteiger partial charge in [0.2, 0.25) is 0 Å². The normalized spacial score (nSPS) is 11.3. The Hall–Kier alpha value is -1.57. The third kappa shape index (κ3) is 3.30. The van der Waals surface area contributed by atoms with Crippen molar-refractivity contribution in [2.75, 3.05) is 5.32 Å². The molecule has 1 N–H and O–H groups in total. The van der Waals surface area contributed by atoms with E-state index in [4.69, 9.17) is 26.8 Å². The molecule has 0 unspecified atom stereocenters. The summed E-state index contributed by atoms with van der Waals surface area (Å²) >= 11 is 5.89. The van der Waals surface area contributed by atoms with Gasteiger partial charge in [-0.1, -0.05) is 16.8 Å². The van der Waals surface area contributed by atoms with Crippen molar-refractivity contribution in [1.82, 2.24) is 5.16 Å². The van der Waals surface area contributed by atoms with Crippen LogP contribution in [-0.2, 0) is 9.05 Å². The minimum atomic E-state index is -3.87.